The van der Waals surface area contributed by atoms with Gasteiger partial charge in [0.05, 0.1) is 19.0 Å². The Hall–Kier alpha value is -4.13. The van der Waals surface area contributed by atoms with E-state index in [0.29, 0.717) is 36.6 Å². The lowest BCUT2D eigenvalue weighted by molar-refractivity contribution is -0.116. The number of ether oxygens (including phenoxy) is 2. The van der Waals surface area contributed by atoms with E-state index in [1.165, 1.54) is 0 Å². The summed E-state index contributed by atoms with van der Waals surface area (Å²) >= 11 is 0. The number of pyridine rings is 1. The Morgan fingerprint density at radius 1 is 1.00 bits per heavy atom. The highest BCUT2D eigenvalue weighted by atomic mass is 16.5. The van der Waals surface area contributed by atoms with Gasteiger partial charge in [0.25, 0.3) is 0 Å². The summed E-state index contributed by atoms with van der Waals surface area (Å²) in [5, 5.41) is 7.30. The summed E-state index contributed by atoms with van der Waals surface area (Å²) in [5.74, 6) is 1.07. The molecule has 0 aliphatic carbocycles. The first kappa shape index (κ1) is 21.1. The van der Waals surface area contributed by atoms with Gasteiger partial charge in [-0.2, -0.15) is 5.10 Å². The molecule has 0 saturated carbocycles. The smallest absolute Gasteiger partial charge is 0.224 e. The average Bonchev–Trinajstić information content (AvgIpc) is 3.32. The summed E-state index contributed by atoms with van der Waals surface area (Å²) in [6.45, 7) is 0.354. The van der Waals surface area contributed by atoms with Crippen molar-refractivity contribution in [2.24, 2.45) is 0 Å². The largest absolute Gasteiger partial charge is 0.493 e. The van der Waals surface area contributed by atoms with Crippen molar-refractivity contribution in [1.82, 2.24) is 14.8 Å². The van der Waals surface area contributed by atoms with Crippen molar-refractivity contribution >= 4 is 11.6 Å². The molecule has 2 aromatic carbocycles. The number of amides is 1. The normalized spacial score (nSPS) is 10.5. The van der Waals surface area contributed by atoms with Crippen molar-refractivity contribution < 1.29 is 14.3 Å². The zero-order chi connectivity index (χ0) is 22.2. The summed E-state index contributed by atoms with van der Waals surface area (Å²) in [6, 6.07) is 19.0. The second-order valence-electron chi connectivity index (χ2n) is 7.19. The number of aryl methyl sites for hydroxylation is 1. The molecule has 7 heteroatoms. The number of carbonyl (C=O) groups is 1. The maximum absolute atomic E-state index is 12.5. The van der Waals surface area contributed by atoms with E-state index in [9.17, 15) is 4.79 Å². The van der Waals surface area contributed by atoms with Gasteiger partial charge in [0.1, 0.15) is 6.61 Å². The molecule has 2 aromatic heterocycles. The molecule has 4 rings (SSSR count). The van der Waals surface area contributed by atoms with Crippen molar-refractivity contribution in [2.75, 3.05) is 12.4 Å². The second-order valence-corrected chi connectivity index (χ2v) is 7.19. The molecular weight excluding hydrogens is 404 g/mol. The summed E-state index contributed by atoms with van der Waals surface area (Å²) in [5.41, 5.74) is 3.58. The Morgan fingerprint density at radius 3 is 2.66 bits per heavy atom. The van der Waals surface area contributed by atoms with Gasteiger partial charge in [-0.15, -0.1) is 0 Å². The summed E-state index contributed by atoms with van der Waals surface area (Å²) in [6.07, 6.45) is 8.14. The lowest BCUT2D eigenvalue weighted by Crippen LogP contribution is -2.12. The number of aromatic nitrogens is 3. The molecule has 0 unspecified atom stereocenters. The maximum atomic E-state index is 12.5. The van der Waals surface area contributed by atoms with Crippen LogP contribution in [0.1, 0.15) is 17.5 Å². The first-order valence-corrected chi connectivity index (χ1v) is 10.3. The molecule has 2 heterocycles. The number of hydrogen-bond donors (Lipinski definition) is 1. The van der Waals surface area contributed by atoms with E-state index < -0.39 is 0 Å². The van der Waals surface area contributed by atoms with Crippen LogP contribution >= 0.6 is 0 Å². The van der Waals surface area contributed by atoms with Gasteiger partial charge >= 0.3 is 0 Å². The van der Waals surface area contributed by atoms with Crippen LogP contribution in [-0.4, -0.2) is 27.8 Å². The zero-order valence-electron chi connectivity index (χ0n) is 17.8. The fourth-order valence-electron chi connectivity index (χ4n) is 3.20. The fraction of sp³-hybridized carbons (Fsp3) is 0.160. The van der Waals surface area contributed by atoms with E-state index in [0.717, 1.165) is 16.8 Å². The van der Waals surface area contributed by atoms with Crippen LogP contribution in [-0.2, 0) is 17.8 Å². The monoisotopic (exact) mass is 428 g/mol. The predicted molar refractivity (Wildman–Crippen MR) is 122 cm³/mol. The summed E-state index contributed by atoms with van der Waals surface area (Å²) in [4.78, 5) is 16.6. The molecule has 0 radical (unpaired) electrons. The zero-order valence-corrected chi connectivity index (χ0v) is 17.8. The highest BCUT2D eigenvalue weighted by Gasteiger charge is 2.10. The number of anilines is 1. The van der Waals surface area contributed by atoms with Crippen LogP contribution in [0.2, 0.25) is 0 Å². The van der Waals surface area contributed by atoms with E-state index in [1.807, 2.05) is 53.3 Å². The number of nitrogens with zero attached hydrogens (tertiary/aromatic N) is 3. The molecule has 1 amide bonds. The van der Waals surface area contributed by atoms with Crippen LogP contribution in [0.3, 0.4) is 0 Å². The minimum absolute atomic E-state index is 0.0826. The van der Waals surface area contributed by atoms with Crippen LogP contribution in [0, 0.1) is 0 Å². The maximum Gasteiger partial charge on any atom is 0.224 e. The van der Waals surface area contributed by atoms with Gasteiger partial charge in [-0.1, -0.05) is 24.3 Å². The van der Waals surface area contributed by atoms with E-state index >= 15 is 0 Å². The van der Waals surface area contributed by atoms with E-state index in [4.69, 9.17) is 9.47 Å². The fourth-order valence-corrected chi connectivity index (χ4v) is 3.20. The SMILES string of the molecule is COc1ccc(NC(=O)CCc2cnn(-c3ccccc3)c2)cc1OCc1cccnc1. The average molecular weight is 428 g/mol. The number of benzene rings is 2. The van der Waals surface area contributed by atoms with Gasteiger partial charge in [-0.25, -0.2) is 4.68 Å². The second kappa shape index (κ2) is 10.3. The molecule has 0 bridgehead atoms. The molecule has 1 N–H and O–H groups in total. The molecule has 162 valence electrons. The topological polar surface area (TPSA) is 78.3 Å². The number of para-hydroxylation sites is 1. The quantitative estimate of drug-likeness (QED) is 0.427. The molecule has 32 heavy (non-hydrogen) atoms. The van der Waals surface area contributed by atoms with Crippen molar-refractivity contribution in [1.29, 1.82) is 0 Å². The lowest BCUT2D eigenvalue weighted by Gasteiger charge is -2.13. The van der Waals surface area contributed by atoms with Crippen molar-refractivity contribution in [3.63, 3.8) is 0 Å². The van der Waals surface area contributed by atoms with Crippen molar-refractivity contribution in [2.45, 2.75) is 19.4 Å². The molecular formula is C25H24N4O3. The predicted octanol–water partition coefficient (Wildman–Crippen LogP) is 4.43. The number of nitrogens with one attached hydrogen (secondary N) is 1. The Bertz CT molecular complexity index is 1160. The number of carbonyl (C=O) groups excluding carboxylic acids is 1. The first-order chi connectivity index (χ1) is 15.7. The van der Waals surface area contributed by atoms with Gasteiger partial charge in [0.15, 0.2) is 11.5 Å². The van der Waals surface area contributed by atoms with E-state index in [1.54, 1.807) is 43.9 Å². The van der Waals surface area contributed by atoms with Gasteiger partial charge < -0.3 is 14.8 Å². The van der Waals surface area contributed by atoms with Gasteiger partial charge in [-0.05, 0) is 42.3 Å². The molecule has 0 saturated heterocycles. The number of methoxy groups -OCH3 is 1. The Labute approximate surface area is 186 Å². The van der Waals surface area contributed by atoms with Crippen LogP contribution in [0.15, 0.2) is 85.5 Å². The molecule has 0 fully saturated rings. The molecule has 0 aliphatic heterocycles. The molecule has 4 aromatic rings. The summed E-state index contributed by atoms with van der Waals surface area (Å²) in [7, 11) is 1.58. The van der Waals surface area contributed by atoms with Gasteiger partial charge in [-0.3, -0.25) is 9.78 Å². The minimum atomic E-state index is -0.0826. The van der Waals surface area contributed by atoms with Crippen molar-refractivity contribution in [3.8, 4) is 17.2 Å². The van der Waals surface area contributed by atoms with E-state index in [-0.39, 0.29) is 5.91 Å². The van der Waals surface area contributed by atoms with Gasteiger partial charge in [0.2, 0.25) is 5.91 Å². The Balaban J connectivity index is 1.34. The Kier molecular flexibility index (Phi) is 6.77. The highest BCUT2D eigenvalue weighted by Crippen LogP contribution is 2.31. The van der Waals surface area contributed by atoms with Crippen LogP contribution in [0.5, 0.6) is 11.5 Å². The third kappa shape index (κ3) is 5.51. The molecule has 0 atom stereocenters. The van der Waals surface area contributed by atoms with Gasteiger partial charge in [0, 0.05) is 42.3 Å². The summed E-state index contributed by atoms with van der Waals surface area (Å²) < 4.78 is 13.1. The number of rotatable bonds is 9. The molecule has 0 aliphatic rings. The lowest BCUT2D eigenvalue weighted by atomic mass is 10.2. The Morgan fingerprint density at radius 2 is 1.88 bits per heavy atom. The van der Waals surface area contributed by atoms with E-state index in [2.05, 4.69) is 15.4 Å². The minimum Gasteiger partial charge on any atom is -0.493 e. The molecule has 0 spiro atoms. The van der Waals surface area contributed by atoms with Crippen LogP contribution < -0.4 is 14.8 Å². The third-order valence-corrected chi connectivity index (χ3v) is 4.86. The standard InChI is InChI=1S/C25H24N4O3/c1-31-23-11-10-21(14-24(23)32-18-20-6-5-13-26-15-20)28-25(30)12-9-19-16-27-29(17-19)22-7-3-2-4-8-22/h2-8,10-11,13-17H,9,12,18H2,1H3,(H,28,30). The third-order valence-electron chi connectivity index (χ3n) is 4.86. The number of hydrogen-bond acceptors (Lipinski definition) is 5. The highest BCUT2D eigenvalue weighted by molar-refractivity contribution is 5.91. The van der Waals surface area contributed by atoms with Crippen LogP contribution in [0.25, 0.3) is 5.69 Å². The van der Waals surface area contributed by atoms with Crippen molar-refractivity contribution in [3.05, 3.63) is 96.6 Å². The molecule has 7 nitrogen and oxygen atoms in total. The first-order valence-electron chi connectivity index (χ1n) is 10.3. The van der Waals surface area contributed by atoms with Crippen LogP contribution in [0.4, 0.5) is 5.69 Å².